The number of aliphatic hydroxyl groups is 1. The minimum Gasteiger partial charge on any atom is -0.462 e. The van der Waals surface area contributed by atoms with Gasteiger partial charge in [0.1, 0.15) is 24.0 Å². The first-order valence-corrected chi connectivity index (χ1v) is 17.4. The molecular formula is C36H57N4O5+. The number of nitrogens with one attached hydrogen (secondary N) is 3. The zero-order valence-corrected chi connectivity index (χ0v) is 28.0. The van der Waals surface area contributed by atoms with Crippen LogP contribution in [0, 0.1) is 48.0 Å². The number of ketones is 1. The molecule has 0 aromatic carbocycles. The number of methoxy groups -OCH3 is 1. The summed E-state index contributed by atoms with van der Waals surface area (Å²) in [6.45, 7) is 7.90. The van der Waals surface area contributed by atoms with Gasteiger partial charge in [-0.05, 0) is 76.3 Å². The van der Waals surface area contributed by atoms with Crippen LogP contribution in [0.1, 0.15) is 90.9 Å². The SMILES string of the molecule is CCC1CCC(OC(C)=O)CC(=O)CC(C2CC(CNC)C(O)C(OC)C2)C#CCNC2CC(CCN2)CCC2=C(C=N[CH+]2)C1. The van der Waals surface area contributed by atoms with E-state index in [4.69, 9.17) is 9.47 Å². The smallest absolute Gasteiger partial charge is 0.302 e. The fourth-order valence-electron chi connectivity index (χ4n) is 7.86. The second-order valence-electron chi connectivity index (χ2n) is 13.8. The monoisotopic (exact) mass is 625 g/mol. The third kappa shape index (κ3) is 10.9. The lowest BCUT2D eigenvalue weighted by molar-refractivity contribution is -0.148. The van der Waals surface area contributed by atoms with Crippen LogP contribution in [0.5, 0.6) is 0 Å². The molecule has 0 aromatic heterocycles. The number of fused-ring (bicyclic) bond motifs is 2. The zero-order chi connectivity index (χ0) is 32.2. The number of aliphatic hydroxyl groups excluding tert-OH is 1. The van der Waals surface area contributed by atoms with Crippen molar-refractivity contribution in [2.45, 2.75) is 115 Å². The first-order chi connectivity index (χ1) is 21.8. The largest absolute Gasteiger partial charge is 0.462 e. The lowest BCUT2D eigenvalue weighted by Crippen LogP contribution is -2.48. The predicted molar refractivity (Wildman–Crippen MR) is 177 cm³/mol. The summed E-state index contributed by atoms with van der Waals surface area (Å²) in [5.41, 5.74) is 2.69. The van der Waals surface area contributed by atoms with Crippen LogP contribution in [0.25, 0.3) is 0 Å². The highest BCUT2D eigenvalue weighted by Crippen LogP contribution is 2.37. The summed E-state index contributed by atoms with van der Waals surface area (Å²) in [4.78, 5) is 30.2. The maximum atomic E-state index is 13.7. The summed E-state index contributed by atoms with van der Waals surface area (Å²) in [5.74, 6) is 7.63. The van der Waals surface area contributed by atoms with Crippen molar-refractivity contribution in [1.29, 1.82) is 0 Å². The molecule has 3 aliphatic heterocycles. The van der Waals surface area contributed by atoms with Crippen LogP contribution in [-0.2, 0) is 19.1 Å². The van der Waals surface area contributed by atoms with E-state index in [0.717, 1.165) is 51.5 Å². The fourth-order valence-corrected chi connectivity index (χ4v) is 7.86. The summed E-state index contributed by atoms with van der Waals surface area (Å²) in [7, 11) is 3.54. The van der Waals surface area contributed by atoms with Gasteiger partial charge in [-0.15, -0.1) is 4.99 Å². The first kappa shape index (κ1) is 35.6. The number of hydrogen-bond acceptors (Lipinski definition) is 9. The molecule has 9 unspecified atom stereocenters. The van der Waals surface area contributed by atoms with Crippen molar-refractivity contribution in [2.24, 2.45) is 34.6 Å². The Morgan fingerprint density at radius 1 is 1.16 bits per heavy atom. The van der Waals surface area contributed by atoms with E-state index in [1.165, 1.54) is 24.5 Å². The first-order valence-electron chi connectivity index (χ1n) is 17.4. The van der Waals surface area contributed by atoms with Gasteiger partial charge in [-0.3, -0.25) is 14.9 Å². The molecule has 4 rings (SSSR count). The van der Waals surface area contributed by atoms with Gasteiger partial charge in [-0.1, -0.05) is 25.2 Å². The van der Waals surface area contributed by atoms with E-state index in [2.05, 4.69) is 39.7 Å². The maximum absolute atomic E-state index is 13.7. The average molecular weight is 626 g/mol. The van der Waals surface area contributed by atoms with Crippen LogP contribution in [-0.4, -0.2) is 81.3 Å². The molecule has 9 heteroatoms. The molecule has 0 spiro atoms. The van der Waals surface area contributed by atoms with Crippen LogP contribution in [0.2, 0.25) is 0 Å². The molecular weight excluding hydrogens is 568 g/mol. The molecule has 2 bridgehead atoms. The summed E-state index contributed by atoms with van der Waals surface area (Å²) in [6, 6.07) is 0. The second kappa shape index (κ2) is 18.2. The molecule has 0 aromatic rings. The number of nitrogens with zero attached hydrogens (tertiary/aromatic N) is 1. The van der Waals surface area contributed by atoms with Gasteiger partial charge in [-0.2, -0.15) is 0 Å². The van der Waals surface area contributed by atoms with E-state index >= 15 is 0 Å². The highest BCUT2D eigenvalue weighted by molar-refractivity contribution is 5.84. The highest BCUT2D eigenvalue weighted by atomic mass is 16.5. The Bertz CT molecular complexity index is 1100. The van der Waals surface area contributed by atoms with Gasteiger partial charge >= 0.3 is 5.97 Å². The summed E-state index contributed by atoms with van der Waals surface area (Å²) >= 11 is 0. The Hall–Kier alpha value is -2.22. The van der Waals surface area contributed by atoms with Crippen molar-refractivity contribution in [2.75, 3.05) is 33.8 Å². The quantitative estimate of drug-likeness (QED) is 0.199. The molecule has 1 aliphatic carbocycles. The van der Waals surface area contributed by atoms with Crippen molar-refractivity contribution < 1.29 is 24.2 Å². The predicted octanol–water partition coefficient (Wildman–Crippen LogP) is 3.96. The Morgan fingerprint density at radius 2 is 2.00 bits per heavy atom. The van der Waals surface area contributed by atoms with Gasteiger partial charge in [0.25, 0.3) is 0 Å². The van der Waals surface area contributed by atoms with E-state index in [9.17, 15) is 14.7 Å². The number of carbonyl (C=O) groups excluding carboxylic acids is 2. The van der Waals surface area contributed by atoms with Crippen molar-refractivity contribution in [1.82, 2.24) is 16.0 Å². The van der Waals surface area contributed by atoms with Crippen LogP contribution < -0.4 is 16.0 Å². The Morgan fingerprint density at radius 3 is 2.76 bits per heavy atom. The molecule has 0 radical (unpaired) electrons. The van der Waals surface area contributed by atoms with Gasteiger partial charge in [0, 0.05) is 58.1 Å². The number of hydrogen-bond donors (Lipinski definition) is 4. The van der Waals surface area contributed by atoms with Crippen LogP contribution in [0.3, 0.4) is 0 Å². The normalized spacial score (nSPS) is 35.5. The number of aliphatic imine (C=N–C) groups is 1. The van der Waals surface area contributed by atoms with E-state index in [1.54, 1.807) is 7.11 Å². The number of ether oxygens (including phenoxy) is 2. The molecule has 9 atom stereocenters. The summed E-state index contributed by atoms with van der Waals surface area (Å²) < 4.78 is 11.4. The topological polar surface area (TPSA) is 121 Å². The molecule has 250 valence electrons. The molecule has 4 aliphatic rings. The van der Waals surface area contributed by atoms with Crippen molar-refractivity contribution in [3.8, 4) is 11.8 Å². The summed E-state index contributed by atoms with van der Waals surface area (Å²) in [5, 5.41) is 21.3. The minimum atomic E-state index is -0.554. The van der Waals surface area contributed by atoms with E-state index < -0.39 is 12.2 Å². The number of esters is 1. The molecule has 1 saturated heterocycles. The Balaban J connectivity index is 1.55. The average Bonchev–Trinajstić information content (AvgIpc) is 3.46. The van der Waals surface area contributed by atoms with Gasteiger partial charge in [0.15, 0.2) is 6.21 Å². The van der Waals surface area contributed by atoms with Crippen LogP contribution in [0.15, 0.2) is 16.1 Å². The molecule has 45 heavy (non-hydrogen) atoms. The van der Waals surface area contributed by atoms with E-state index in [0.29, 0.717) is 44.2 Å². The third-order valence-corrected chi connectivity index (χ3v) is 10.5. The zero-order valence-electron chi connectivity index (χ0n) is 28.0. The van der Waals surface area contributed by atoms with Crippen LogP contribution in [0.4, 0.5) is 0 Å². The van der Waals surface area contributed by atoms with Gasteiger partial charge in [0.2, 0.25) is 0 Å². The molecule has 4 N–H and O–H groups in total. The number of piperidine rings is 1. The molecule has 9 nitrogen and oxygen atoms in total. The number of Topliss-reactive ketones (excluding diaryl/α,β-unsaturated/α-hetero) is 1. The van der Waals surface area contributed by atoms with Crippen molar-refractivity contribution >= 4 is 18.0 Å². The number of allylic oxidation sites excluding steroid dienone is 1. The molecule has 2 fully saturated rings. The van der Waals surface area contributed by atoms with Crippen molar-refractivity contribution in [3.63, 3.8) is 0 Å². The highest BCUT2D eigenvalue weighted by Gasteiger charge is 2.40. The minimum absolute atomic E-state index is 0.0241. The number of carbonyl (C=O) groups is 2. The summed E-state index contributed by atoms with van der Waals surface area (Å²) in [6.07, 6.45) is 10.9. The van der Waals surface area contributed by atoms with E-state index in [1.807, 2.05) is 19.8 Å². The van der Waals surface area contributed by atoms with Crippen LogP contribution >= 0.6 is 0 Å². The fraction of sp³-hybridized carbons (Fsp3) is 0.778. The maximum Gasteiger partial charge on any atom is 0.302 e. The second-order valence-corrected chi connectivity index (χ2v) is 13.8. The molecule has 0 amide bonds. The lowest BCUT2D eigenvalue weighted by atomic mass is 9.71. The van der Waals surface area contributed by atoms with Gasteiger partial charge in [-0.25, -0.2) is 0 Å². The van der Waals surface area contributed by atoms with Gasteiger partial charge < -0.3 is 25.2 Å². The Kier molecular flexibility index (Phi) is 14.4. The molecule has 3 heterocycles. The number of rotatable bonds is 6. The Labute approximate surface area is 271 Å². The van der Waals surface area contributed by atoms with Gasteiger partial charge in [0.05, 0.1) is 30.5 Å². The van der Waals surface area contributed by atoms with Crippen molar-refractivity contribution in [3.05, 3.63) is 17.7 Å². The van der Waals surface area contributed by atoms with E-state index in [-0.39, 0.29) is 48.2 Å². The third-order valence-electron chi connectivity index (χ3n) is 10.5. The lowest BCUT2D eigenvalue weighted by Gasteiger charge is -2.40. The standard InChI is InChI=1S/C36H57N4O5/c1-5-25-9-11-33(45-24(2)41)20-32(42)18-27(29-17-31(21-37-3)36(43)34(19-29)44-4)7-6-13-39-35-16-26(12-14-40-35)8-10-28-22-38-23-30(28)15-25/h22-23,25-27,29,31,33-37,39-40,43H,5,8-21H2,1-4H3/q+1. The molecule has 1 saturated carbocycles.